The van der Waals surface area contributed by atoms with E-state index >= 15 is 0 Å². The molecule has 8 aromatic carbocycles. The molecule has 0 amide bonds. The van der Waals surface area contributed by atoms with E-state index in [2.05, 4.69) is 192 Å². The van der Waals surface area contributed by atoms with Gasteiger partial charge in [0, 0.05) is 11.3 Å². The zero-order valence-corrected chi connectivity index (χ0v) is 42.2. The molecule has 5 aliphatic rings. The van der Waals surface area contributed by atoms with Crippen LogP contribution in [0.4, 0.5) is 0 Å². The van der Waals surface area contributed by atoms with E-state index in [1.165, 1.54) is 162 Å². The second-order valence-corrected chi connectivity index (χ2v) is 22.1. The molecule has 1 spiro atoms. The number of hydrogen-bond donors (Lipinski definition) is 0. The van der Waals surface area contributed by atoms with Crippen LogP contribution >= 0.6 is 0 Å². The average Bonchev–Trinajstić information content (AvgIpc) is 3.83. The van der Waals surface area contributed by atoms with Crippen molar-refractivity contribution in [2.45, 2.75) is 114 Å². The first kappa shape index (κ1) is 41.7. The fourth-order valence-electron chi connectivity index (χ4n) is 15.6. The van der Waals surface area contributed by atoms with Gasteiger partial charge in [-0.2, -0.15) is 0 Å². The van der Waals surface area contributed by atoms with Crippen molar-refractivity contribution in [2.24, 2.45) is 5.92 Å². The molecule has 3 unspecified atom stereocenters. The molecular formula is C68H62. The van der Waals surface area contributed by atoms with Gasteiger partial charge in [-0.05, 0) is 263 Å². The van der Waals surface area contributed by atoms with E-state index in [1.807, 2.05) is 0 Å². The smallest absolute Gasteiger partial charge is 0.0259 e. The first-order chi connectivity index (χ1) is 32.7. The third-order valence-corrected chi connectivity index (χ3v) is 17.4. The Morgan fingerprint density at radius 1 is 0.368 bits per heavy atom. The van der Waals surface area contributed by atoms with Crippen LogP contribution in [0.25, 0.3) is 77.2 Å². The normalized spacial score (nSPS) is 19.5. The van der Waals surface area contributed by atoms with E-state index in [-0.39, 0.29) is 11.3 Å². The Balaban J connectivity index is 1.22. The van der Waals surface area contributed by atoms with Crippen molar-refractivity contribution in [3.8, 4) is 44.5 Å². The minimum Gasteiger partial charge on any atom is -0.0760 e. The molecule has 0 saturated heterocycles. The van der Waals surface area contributed by atoms with E-state index in [0.29, 0.717) is 5.92 Å². The van der Waals surface area contributed by atoms with Gasteiger partial charge in [-0.3, -0.25) is 0 Å². The largest absolute Gasteiger partial charge is 0.0760 e. The van der Waals surface area contributed by atoms with Crippen LogP contribution < -0.4 is 0 Å². The zero-order chi connectivity index (χ0) is 47.0. The molecule has 0 nitrogen and oxygen atoms in total. The average molecular weight is 879 g/mol. The fraction of sp³-hybridized carbons (Fsp3) is 0.265. The van der Waals surface area contributed by atoms with E-state index in [1.54, 1.807) is 22.3 Å². The topological polar surface area (TPSA) is 0 Å². The molecule has 68 heavy (non-hydrogen) atoms. The van der Waals surface area contributed by atoms with E-state index in [9.17, 15) is 0 Å². The highest BCUT2D eigenvalue weighted by Gasteiger charge is 2.66. The highest BCUT2D eigenvalue weighted by molar-refractivity contribution is 6.21. The molecule has 3 atom stereocenters. The van der Waals surface area contributed by atoms with Gasteiger partial charge in [0.05, 0.1) is 0 Å². The quantitative estimate of drug-likeness (QED) is 0.165. The minimum absolute atomic E-state index is 0.0784. The number of fused-ring (bicyclic) bond motifs is 7. The summed E-state index contributed by atoms with van der Waals surface area (Å²) in [5, 5.41) is 5.54. The van der Waals surface area contributed by atoms with Crippen LogP contribution in [0.5, 0.6) is 0 Å². The summed E-state index contributed by atoms with van der Waals surface area (Å²) in [6, 6.07) is 38.4. The lowest BCUT2D eigenvalue weighted by molar-refractivity contribution is 0.712. The molecule has 0 N–H and O–H groups in total. The summed E-state index contributed by atoms with van der Waals surface area (Å²) in [7, 11) is 0. The van der Waals surface area contributed by atoms with Gasteiger partial charge < -0.3 is 0 Å². The van der Waals surface area contributed by atoms with Gasteiger partial charge in [-0.15, -0.1) is 0 Å². The maximum absolute atomic E-state index is 2.76. The van der Waals surface area contributed by atoms with Crippen molar-refractivity contribution in [1.82, 2.24) is 0 Å². The molecule has 8 aromatic rings. The maximum atomic E-state index is 2.76. The number of allylic oxidation sites excluding steroid dienone is 6. The van der Waals surface area contributed by atoms with Gasteiger partial charge in [0.2, 0.25) is 0 Å². The fourth-order valence-corrected chi connectivity index (χ4v) is 15.6. The minimum atomic E-state index is -0.0784. The van der Waals surface area contributed by atoms with Crippen LogP contribution in [0, 0.1) is 89.0 Å². The van der Waals surface area contributed by atoms with Gasteiger partial charge in [0.1, 0.15) is 0 Å². The molecule has 334 valence electrons. The van der Waals surface area contributed by atoms with Gasteiger partial charge in [-0.25, -0.2) is 0 Å². The summed E-state index contributed by atoms with van der Waals surface area (Å²) in [5.41, 5.74) is 40.3. The van der Waals surface area contributed by atoms with Crippen LogP contribution in [-0.2, 0) is 5.41 Å². The lowest BCUT2D eigenvalue weighted by Gasteiger charge is -2.28. The Hall–Kier alpha value is -6.50. The molecule has 5 aliphatic carbocycles. The second kappa shape index (κ2) is 14.3. The number of benzene rings is 8. The summed E-state index contributed by atoms with van der Waals surface area (Å²) in [6.07, 6.45) is 8.77. The Morgan fingerprint density at radius 2 is 0.735 bits per heavy atom. The molecule has 1 saturated carbocycles. The molecule has 0 aromatic heterocycles. The Bertz CT molecular complexity index is 3680. The van der Waals surface area contributed by atoms with Gasteiger partial charge in [0.25, 0.3) is 0 Å². The molecule has 0 heterocycles. The van der Waals surface area contributed by atoms with Crippen LogP contribution in [0.3, 0.4) is 0 Å². The van der Waals surface area contributed by atoms with Crippen LogP contribution in [0.2, 0.25) is 0 Å². The molecule has 0 radical (unpaired) electrons. The summed E-state index contributed by atoms with van der Waals surface area (Å²) in [6.45, 7) is 28.0. The SMILES string of the molecule is Cc1cc(C)c(-c2c3c(c(-c4c(C)cc(C)cc4C)c4ccccc24)C2CC=C4C5=C2C3=CCC2CC52c2c4c(-c3c(C)cc(C)cc3C)c3ccccc3c2-c2c(C)cc(C)cc2C)c(C)c1. The Labute approximate surface area is 404 Å². The Kier molecular flexibility index (Phi) is 8.75. The maximum Gasteiger partial charge on any atom is 0.0259 e. The predicted molar refractivity (Wildman–Crippen MR) is 291 cm³/mol. The Morgan fingerprint density at radius 3 is 1.19 bits per heavy atom. The van der Waals surface area contributed by atoms with Gasteiger partial charge in [-0.1, -0.05) is 131 Å². The first-order valence-electron chi connectivity index (χ1n) is 25.4. The first-order valence-corrected chi connectivity index (χ1v) is 25.4. The van der Waals surface area contributed by atoms with E-state index in [0.717, 1.165) is 12.8 Å². The summed E-state index contributed by atoms with van der Waals surface area (Å²) >= 11 is 0. The predicted octanol–water partition coefficient (Wildman–Crippen LogP) is 18.3. The van der Waals surface area contributed by atoms with Crippen molar-refractivity contribution >= 4 is 32.7 Å². The van der Waals surface area contributed by atoms with Gasteiger partial charge in [0.15, 0.2) is 0 Å². The third-order valence-electron chi connectivity index (χ3n) is 17.4. The van der Waals surface area contributed by atoms with Crippen LogP contribution in [0.1, 0.15) is 114 Å². The van der Waals surface area contributed by atoms with Crippen molar-refractivity contribution in [3.63, 3.8) is 0 Å². The van der Waals surface area contributed by atoms with Crippen molar-refractivity contribution in [1.29, 1.82) is 0 Å². The number of hydrogen-bond acceptors (Lipinski definition) is 0. The zero-order valence-electron chi connectivity index (χ0n) is 42.2. The standard InChI is InChI=1S/C68H62/c1-34-25-38(5)54(39(6)26-34)59-47-17-13-14-18-48(47)60(55-40(7)27-35(2)28-41(55)8)63-52-23-24-53-65-61(56-42(9)29-36(3)30-43(56)10)49-19-15-16-20-50(49)64(57-44(11)31-37(4)32-45(57)12)67(65)68-33-46(68)21-22-51(62(59)63)58(52)66(53)68/h13-20,22,24-32,46,52H,21,23,33H2,1-12H3. The summed E-state index contributed by atoms with van der Waals surface area (Å²) < 4.78 is 0. The molecule has 1 fully saturated rings. The molecule has 0 bridgehead atoms. The highest BCUT2D eigenvalue weighted by Crippen LogP contribution is 2.77. The third kappa shape index (κ3) is 5.38. The molecule has 13 rings (SSSR count). The van der Waals surface area contributed by atoms with Gasteiger partial charge >= 0.3 is 0 Å². The van der Waals surface area contributed by atoms with Crippen LogP contribution in [-0.4, -0.2) is 0 Å². The van der Waals surface area contributed by atoms with Crippen molar-refractivity contribution in [2.75, 3.05) is 0 Å². The second-order valence-electron chi connectivity index (χ2n) is 22.1. The van der Waals surface area contributed by atoms with Crippen molar-refractivity contribution < 1.29 is 0 Å². The van der Waals surface area contributed by atoms with Crippen LogP contribution in [0.15, 0.2) is 120 Å². The van der Waals surface area contributed by atoms with E-state index in [4.69, 9.17) is 0 Å². The molecule has 0 heteroatoms. The van der Waals surface area contributed by atoms with Crippen molar-refractivity contribution in [3.05, 3.63) is 209 Å². The number of aryl methyl sites for hydroxylation is 12. The summed E-state index contributed by atoms with van der Waals surface area (Å²) in [5.74, 6) is 0.777. The van der Waals surface area contributed by atoms with E-state index < -0.39 is 0 Å². The monoisotopic (exact) mass is 878 g/mol. The number of rotatable bonds is 4. The lowest BCUT2D eigenvalue weighted by atomic mass is 9.75. The highest BCUT2D eigenvalue weighted by atomic mass is 14.7. The summed E-state index contributed by atoms with van der Waals surface area (Å²) in [4.78, 5) is 0. The molecule has 0 aliphatic heterocycles. The molecular weight excluding hydrogens is 817 g/mol. The lowest BCUT2D eigenvalue weighted by Crippen LogP contribution is -2.15.